The largest absolute Gasteiger partial charge is 0.388 e. The third kappa shape index (κ3) is 6.01. The van der Waals surface area contributed by atoms with Crippen LogP contribution in [0.4, 0.5) is 15.8 Å². The Bertz CT molecular complexity index is 1210. The molecule has 0 bridgehead atoms. The number of methoxy groups -OCH3 is 1. The summed E-state index contributed by atoms with van der Waals surface area (Å²) in [7, 11) is 3.25. The van der Waals surface area contributed by atoms with Crippen molar-refractivity contribution in [2.75, 3.05) is 42.3 Å². The van der Waals surface area contributed by atoms with E-state index < -0.39 is 0 Å². The quantitative estimate of drug-likeness (QED) is 0.303. The number of ether oxygens (including phenoxy) is 2. The van der Waals surface area contributed by atoms with E-state index in [1.807, 2.05) is 36.4 Å². The van der Waals surface area contributed by atoms with E-state index in [-0.39, 0.29) is 5.82 Å². The third-order valence-electron chi connectivity index (χ3n) is 4.99. The summed E-state index contributed by atoms with van der Waals surface area (Å²) in [4.78, 5) is 5.53. The van der Waals surface area contributed by atoms with Crippen molar-refractivity contribution in [3.63, 3.8) is 0 Å². The van der Waals surface area contributed by atoms with Gasteiger partial charge in [-0.3, -0.25) is 9.29 Å². The van der Waals surface area contributed by atoms with Crippen molar-refractivity contribution in [1.82, 2.24) is 4.98 Å². The molecular formula is C26H26FN3O2S2. The smallest absolute Gasteiger partial charge is 0.132 e. The molecule has 5 rings (SSSR count). The fourth-order valence-corrected chi connectivity index (χ4v) is 4.91. The Morgan fingerprint density at radius 2 is 1.85 bits per heavy atom. The summed E-state index contributed by atoms with van der Waals surface area (Å²) < 4.78 is 29.9. The van der Waals surface area contributed by atoms with Crippen LogP contribution < -0.4 is 9.03 Å². The average Bonchev–Trinajstić information content (AvgIpc) is 2.89. The van der Waals surface area contributed by atoms with Crippen LogP contribution in [0.3, 0.4) is 0 Å². The van der Waals surface area contributed by atoms with Crippen molar-refractivity contribution in [1.29, 1.82) is 0 Å². The molecule has 0 saturated carbocycles. The number of fused-ring (bicyclic) bond motifs is 1. The molecule has 176 valence electrons. The molecule has 1 aliphatic rings. The first-order valence-electron chi connectivity index (χ1n) is 10.7. The second kappa shape index (κ2) is 12.1. The maximum atomic E-state index is 14.7. The number of nitrogens with one attached hydrogen (secondary N) is 1. The van der Waals surface area contributed by atoms with Crippen LogP contribution in [0.15, 0.2) is 83.9 Å². The van der Waals surface area contributed by atoms with Gasteiger partial charge in [-0.15, -0.1) is 0 Å². The minimum Gasteiger partial charge on any atom is -0.388 e. The summed E-state index contributed by atoms with van der Waals surface area (Å²) >= 11 is 3.27. The number of halogens is 1. The van der Waals surface area contributed by atoms with Gasteiger partial charge in [0.15, 0.2) is 0 Å². The van der Waals surface area contributed by atoms with Gasteiger partial charge in [0.25, 0.3) is 0 Å². The average molecular weight is 496 g/mol. The number of nitrogens with zero attached hydrogens (tertiary/aromatic N) is 2. The van der Waals surface area contributed by atoms with Crippen molar-refractivity contribution in [2.24, 2.45) is 0 Å². The number of benzene rings is 3. The van der Waals surface area contributed by atoms with Crippen molar-refractivity contribution in [2.45, 2.75) is 4.90 Å². The van der Waals surface area contributed by atoms with Crippen LogP contribution >= 0.6 is 23.9 Å². The van der Waals surface area contributed by atoms with Crippen LogP contribution in [0, 0.1) is 5.82 Å². The zero-order valence-corrected chi connectivity index (χ0v) is 20.7. The molecule has 0 radical (unpaired) electrons. The number of anilines is 2. The van der Waals surface area contributed by atoms with Crippen molar-refractivity contribution in [3.05, 3.63) is 84.8 Å². The van der Waals surface area contributed by atoms with Crippen LogP contribution in [-0.4, -0.2) is 38.3 Å². The van der Waals surface area contributed by atoms with E-state index in [2.05, 4.69) is 43.0 Å². The van der Waals surface area contributed by atoms with Crippen molar-refractivity contribution >= 4 is 46.0 Å². The van der Waals surface area contributed by atoms with Gasteiger partial charge < -0.3 is 14.2 Å². The molecule has 1 saturated heterocycles. The second-order valence-electron chi connectivity index (χ2n) is 7.43. The zero-order valence-electron chi connectivity index (χ0n) is 19.0. The van der Waals surface area contributed by atoms with E-state index in [9.17, 15) is 4.39 Å². The van der Waals surface area contributed by atoms with Gasteiger partial charge in [-0.2, -0.15) is 0 Å². The molecule has 0 unspecified atom stereocenters. The van der Waals surface area contributed by atoms with Gasteiger partial charge in [-0.25, -0.2) is 4.39 Å². The minimum absolute atomic E-state index is 0.287. The van der Waals surface area contributed by atoms with Gasteiger partial charge in [0.2, 0.25) is 0 Å². The highest BCUT2D eigenvalue weighted by Gasteiger charge is 2.13. The first kappa shape index (κ1) is 24.3. The van der Waals surface area contributed by atoms with Gasteiger partial charge in [0.05, 0.1) is 12.3 Å². The Kier molecular flexibility index (Phi) is 8.65. The Morgan fingerprint density at radius 1 is 1.06 bits per heavy atom. The van der Waals surface area contributed by atoms with Gasteiger partial charge in [-0.05, 0) is 77.8 Å². The number of rotatable bonds is 5. The van der Waals surface area contributed by atoms with E-state index in [1.165, 1.54) is 18.0 Å². The summed E-state index contributed by atoms with van der Waals surface area (Å²) in [6.45, 7) is 1.41. The highest BCUT2D eigenvalue weighted by atomic mass is 32.2. The molecule has 1 aliphatic heterocycles. The molecule has 0 amide bonds. The molecule has 1 aromatic heterocycles. The summed E-state index contributed by atoms with van der Waals surface area (Å²) in [6.07, 6.45) is 1.72. The maximum absolute atomic E-state index is 14.7. The fourth-order valence-electron chi connectivity index (χ4n) is 3.44. The van der Waals surface area contributed by atoms with Crippen LogP contribution in [0.2, 0.25) is 0 Å². The molecular weight excluding hydrogens is 469 g/mol. The minimum atomic E-state index is -0.287. The molecule has 2 heterocycles. The second-order valence-corrected chi connectivity index (χ2v) is 9.42. The topological polar surface area (TPSA) is 46.6 Å². The lowest BCUT2D eigenvalue weighted by Gasteiger charge is -2.27. The number of pyridine rings is 1. The standard InChI is InChI=1S/C24H20FN3OS2.C2H6O/c25-23-10-5-18(15-22(23)24-21-4-2-1-3-17(21)11-12-26-24)27-31-20-8-6-19(7-9-20)28-16-29-13-14-30-28;1-3-2/h1-12,15,27H,13-14,16H2;1-2H3. The molecule has 5 nitrogen and oxygen atoms in total. The molecule has 34 heavy (non-hydrogen) atoms. The van der Waals surface area contributed by atoms with E-state index in [0.717, 1.165) is 39.4 Å². The van der Waals surface area contributed by atoms with E-state index in [0.29, 0.717) is 18.0 Å². The normalized spacial score (nSPS) is 13.3. The first-order valence-corrected chi connectivity index (χ1v) is 12.5. The molecule has 0 spiro atoms. The van der Waals surface area contributed by atoms with Crippen molar-refractivity contribution in [3.8, 4) is 11.3 Å². The highest BCUT2D eigenvalue weighted by molar-refractivity contribution is 8.00. The SMILES string of the molecule is COC.Fc1ccc(NSc2ccc(N3COCCS3)cc2)cc1-c1nccc2ccccc12. The molecule has 1 N–H and O–H groups in total. The lowest BCUT2D eigenvalue weighted by molar-refractivity contribution is 0.154. The van der Waals surface area contributed by atoms with Crippen LogP contribution in [-0.2, 0) is 9.47 Å². The van der Waals surface area contributed by atoms with E-state index in [1.54, 1.807) is 38.4 Å². The predicted molar refractivity (Wildman–Crippen MR) is 142 cm³/mol. The number of aromatic nitrogens is 1. The molecule has 0 atom stereocenters. The lowest BCUT2D eigenvalue weighted by atomic mass is 10.0. The summed E-state index contributed by atoms with van der Waals surface area (Å²) in [5.41, 5.74) is 3.08. The van der Waals surface area contributed by atoms with Gasteiger partial charge in [-0.1, -0.05) is 24.3 Å². The molecule has 3 aromatic carbocycles. The first-order chi connectivity index (χ1) is 16.7. The Morgan fingerprint density at radius 3 is 2.62 bits per heavy atom. The Hall–Kier alpha value is -2.78. The van der Waals surface area contributed by atoms with E-state index in [4.69, 9.17) is 4.74 Å². The van der Waals surface area contributed by atoms with Gasteiger partial charge in [0, 0.05) is 53.4 Å². The predicted octanol–water partition coefficient (Wildman–Crippen LogP) is 6.87. The summed E-state index contributed by atoms with van der Waals surface area (Å²) in [5, 5.41) is 1.97. The van der Waals surface area contributed by atoms with Crippen LogP contribution in [0.1, 0.15) is 0 Å². The molecule has 1 fully saturated rings. The lowest BCUT2D eigenvalue weighted by Crippen LogP contribution is -2.25. The molecule has 0 aliphatic carbocycles. The number of hydrogen-bond acceptors (Lipinski definition) is 7. The fraction of sp³-hybridized carbons (Fsp3) is 0.192. The monoisotopic (exact) mass is 495 g/mol. The van der Waals surface area contributed by atoms with Gasteiger partial charge in [0.1, 0.15) is 12.5 Å². The summed E-state index contributed by atoms with van der Waals surface area (Å²) in [6, 6.07) is 23.2. The Labute approximate surface area is 207 Å². The third-order valence-corrected chi connectivity index (χ3v) is 6.81. The highest BCUT2D eigenvalue weighted by Crippen LogP contribution is 2.32. The molecule has 8 heteroatoms. The molecule has 4 aromatic rings. The zero-order chi connectivity index (χ0) is 23.8. The Balaban J connectivity index is 0.000000868. The number of hydrogen-bond donors (Lipinski definition) is 1. The van der Waals surface area contributed by atoms with Crippen molar-refractivity contribution < 1.29 is 13.9 Å². The van der Waals surface area contributed by atoms with Gasteiger partial charge >= 0.3 is 0 Å². The van der Waals surface area contributed by atoms with Crippen LogP contribution in [0.5, 0.6) is 0 Å². The van der Waals surface area contributed by atoms with Crippen LogP contribution in [0.25, 0.3) is 22.0 Å². The van der Waals surface area contributed by atoms with E-state index >= 15 is 0 Å². The maximum Gasteiger partial charge on any atom is 0.132 e. The summed E-state index contributed by atoms with van der Waals surface area (Å²) in [5.74, 6) is 0.682.